The Morgan fingerprint density at radius 1 is 1.23 bits per heavy atom. The maximum absolute atomic E-state index is 4.39. The Bertz CT molecular complexity index is 125. The Morgan fingerprint density at radius 3 is 2.31 bits per heavy atom. The normalized spacial score (nSPS) is 31.6. The van der Waals surface area contributed by atoms with Crippen molar-refractivity contribution < 1.29 is 4.74 Å². The first-order valence-corrected chi connectivity index (χ1v) is 5.86. The highest BCUT2D eigenvalue weighted by molar-refractivity contribution is 4.75. The molecule has 0 aromatic rings. The molecule has 1 N–H and O–H groups in total. The number of aliphatic hydroxyl groups is 2. The molecule has 1 aliphatic carbocycles. The molecule has 1 rings (SSSR count). The van der Waals surface area contributed by atoms with E-state index in [4.69, 9.17) is 0 Å². The van der Waals surface area contributed by atoms with Crippen molar-refractivity contribution >= 4 is 0 Å². The van der Waals surface area contributed by atoms with Crippen LogP contribution in [0.5, 0.6) is 0 Å². The summed E-state index contributed by atoms with van der Waals surface area (Å²) in [6, 6.07) is 0. The summed E-state index contributed by atoms with van der Waals surface area (Å²) < 4.78 is 4.39. The first-order chi connectivity index (χ1) is 6.27. The molecule has 0 heterocycles. The zero-order chi connectivity index (χ0) is 9.68. The Labute approximate surface area is 82.9 Å². The summed E-state index contributed by atoms with van der Waals surface area (Å²) in [5, 5.41) is 0. The van der Waals surface area contributed by atoms with Gasteiger partial charge in [0.15, 0.2) is 6.10 Å². The number of hydrogen-bond donors (Lipinski definition) is 0. The summed E-state index contributed by atoms with van der Waals surface area (Å²) in [5.74, 6) is 1.95. The molecule has 1 aliphatic rings. The Balaban J connectivity index is 2.23. The number of rotatable bonds is 4. The largest absolute Gasteiger partial charge is 0.434 e. The Morgan fingerprint density at radius 2 is 1.85 bits per heavy atom. The van der Waals surface area contributed by atoms with E-state index < -0.39 is 0 Å². The highest BCUT2D eigenvalue weighted by Gasteiger charge is 2.26. The van der Waals surface area contributed by atoms with Crippen molar-refractivity contribution in [3.63, 3.8) is 0 Å². The van der Waals surface area contributed by atoms with Crippen LogP contribution in [0.1, 0.15) is 52.4 Å². The van der Waals surface area contributed by atoms with Gasteiger partial charge >= 0.3 is 0 Å². The van der Waals surface area contributed by atoms with Gasteiger partial charge in [-0.2, -0.15) is 0 Å². The van der Waals surface area contributed by atoms with E-state index in [2.05, 4.69) is 18.6 Å². The maximum Gasteiger partial charge on any atom is 0.154 e. The zero-order valence-electron chi connectivity index (χ0n) is 9.42. The molecule has 0 saturated heterocycles. The van der Waals surface area contributed by atoms with Crippen LogP contribution in [0.25, 0.3) is 0 Å². The molecule has 0 aromatic carbocycles. The molecule has 1 nitrogen and oxygen atoms in total. The summed E-state index contributed by atoms with van der Waals surface area (Å²) in [4.78, 5) is 0. The standard InChI is InChI=1S/C12H24O/c1-4-5-10(2)11-6-8-12(13-3)9-7-11/h10-12H,4-9H2,1-3H3/p+1. The molecule has 1 atom stereocenters. The smallest absolute Gasteiger partial charge is 0.154 e. The molecule has 1 heteroatoms. The second-order valence-corrected chi connectivity index (χ2v) is 4.59. The summed E-state index contributed by atoms with van der Waals surface area (Å²) >= 11 is 0. The molecule has 78 valence electrons. The quantitative estimate of drug-likeness (QED) is 0.597. The predicted molar refractivity (Wildman–Crippen MR) is 58.0 cm³/mol. The summed E-state index contributed by atoms with van der Waals surface area (Å²) in [7, 11) is 1.97. The van der Waals surface area contributed by atoms with E-state index in [9.17, 15) is 0 Å². The minimum Gasteiger partial charge on any atom is -0.434 e. The van der Waals surface area contributed by atoms with Gasteiger partial charge < -0.3 is 4.74 Å². The third-order valence-electron chi connectivity index (χ3n) is 3.66. The third kappa shape index (κ3) is 3.30. The van der Waals surface area contributed by atoms with Gasteiger partial charge in [-0.15, -0.1) is 0 Å². The van der Waals surface area contributed by atoms with Gasteiger partial charge in [-0.25, -0.2) is 0 Å². The molecule has 0 bridgehead atoms. The number of ether oxygens (including phenoxy) is 1. The van der Waals surface area contributed by atoms with Crippen molar-refractivity contribution in [3.8, 4) is 0 Å². The van der Waals surface area contributed by atoms with Crippen LogP contribution >= 0.6 is 0 Å². The monoisotopic (exact) mass is 185 g/mol. The van der Waals surface area contributed by atoms with Crippen LogP contribution in [0.2, 0.25) is 0 Å². The number of hydrogen-bond acceptors (Lipinski definition) is 0. The minimum atomic E-state index is 0.685. The van der Waals surface area contributed by atoms with E-state index in [0.717, 1.165) is 11.8 Å². The van der Waals surface area contributed by atoms with E-state index in [-0.39, 0.29) is 0 Å². The van der Waals surface area contributed by atoms with Crippen LogP contribution < -0.4 is 0 Å². The van der Waals surface area contributed by atoms with Crippen molar-refractivity contribution in [2.24, 2.45) is 11.8 Å². The van der Waals surface area contributed by atoms with Crippen molar-refractivity contribution in [1.29, 1.82) is 0 Å². The second-order valence-electron chi connectivity index (χ2n) is 4.59. The first-order valence-electron chi connectivity index (χ1n) is 5.86. The lowest BCUT2D eigenvalue weighted by molar-refractivity contribution is -0.0863. The Hall–Kier alpha value is -0.0400. The van der Waals surface area contributed by atoms with Crippen molar-refractivity contribution in [2.75, 3.05) is 7.11 Å². The van der Waals surface area contributed by atoms with Crippen LogP contribution in [-0.2, 0) is 0 Å². The summed E-state index contributed by atoms with van der Waals surface area (Å²) in [5.41, 5.74) is 0. The van der Waals surface area contributed by atoms with Crippen LogP contribution in [0.4, 0.5) is 0 Å². The van der Waals surface area contributed by atoms with Gasteiger partial charge in [-0.3, -0.25) is 0 Å². The van der Waals surface area contributed by atoms with Crippen molar-refractivity contribution in [3.05, 3.63) is 0 Å². The average molecular weight is 185 g/mol. The minimum absolute atomic E-state index is 0.685. The van der Waals surface area contributed by atoms with Gasteiger partial charge in [0.05, 0.1) is 0 Å². The summed E-state index contributed by atoms with van der Waals surface area (Å²) in [6.45, 7) is 4.72. The lowest BCUT2D eigenvalue weighted by Crippen LogP contribution is -2.25. The van der Waals surface area contributed by atoms with Gasteiger partial charge in [0.25, 0.3) is 0 Å². The third-order valence-corrected chi connectivity index (χ3v) is 3.66. The molecular formula is C12H25O+. The van der Waals surface area contributed by atoms with Gasteiger partial charge in [-0.05, 0) is 24.7 Å². The van der Waals surface area contributed by atoms with Gasteiger partial charge in [0.1, 0.15) is 7.11 Å². The zero-order valence-corrected chi connectivity index (χ0v) is 9.42. The summed E-state index contributed by atoms with van der Waals surface area (Å²) in [6.07, 6.45) is 8.97. The molecule has 0 spiro atoms. The average Bonchev–Trinajstić information content (AvgIpc) is 2.18. The maximum atomic E-state index is 4.39. The second kappa shape index (κ2) is 5.64. The van der Waals surface area contributed by atoms with Crippen molar-refractivity contribution in [1.82, 2.24) is 0 Å². The van der Waals surface area contributed by atoms with Gasteiger partial charge in [0.2, 0.25) is 0 Å². The fraction of sp³-hybridized carbons (Fsp3) is 1.00. The molecule has 0 amide bonds. The molecule has 1 saturated carbocycles. The van der Waals surface area contributed by atoms with Gasteiger partial charge in [-0.1, -0.05) is 26.7 Å². The van der Waals surface area contributed by atoms with E-state index in [1.165, 1.54) is 38.5 Å². The van der Waals surface area contributed by atoms with Gasteiger partial charge in [0, 0.05) is 12.8 Å². The first kappa shape index (κ1) is 11.0. The molecule has 0 radical (unpaired) electrons. The molecule has 0 aromatic heterocycles. The highest BCUT2D eigenvalue weighted by Crippen LogP contribution is 2.32. The fourth-order valence-corrected chi connectivity index (χ4v) is 2.62. The van der Waals surface area contributed by atoms with Crippen LogP contribution in [-0.4, -0.2) is 18.0 Å². The molecule has 1 unspecified atom stereocenters. The SMILES string of the molecule is CCCC(C)C1CCC([OH+]C)CC1. The van der Waals surface area contributed by atoms with Crippen LogP contribution in [0, 0.1) is 11.8 Å². The lowest BCUT2D eigenvalue weighted by atomic mass is 9.78. The predicted octanol–water partition coefficient (Wildman–Crippen LogP) is 3.14. The molecule has 0 aliphatic heterocycles. The van der Waals surface area contributed by atoms with E-state index in [1.807, 2.05) is 7.11 Å². The van der Waals surface area contributed by atoms with E-state index in [1.54, 1.807) is 0 Å². The topological polar surface area (TPSA) is 12.8 Å². The fourth-order valence-electron chi connectivity index (χ4n) is 2.62. The van der Waals surface area contributed by atoms with Crippen molar-refractivity contribution in [2.45, 2.75) is 58.5 Å². The molecule has 13 heavy (non-hydrogen) atoms. The van der Waals surface area contributed by atoms with Crippen LogP contribution in [0.15, 0.2) is 0 Å². The Kier molecular flexibility index (Phi) is 4.79. The van der Waals surface area contributed by atoms with E-state index >= 15 is 0 Å². The molecular weight excluding hydrogens is 160 g/mol. The van der Waals surface area contributed by atoms with E-state index in [0.29, 0.717) is 6.10 Å². The lowest BCUT2D eigenvalue weighted by Gasteiger charge is -2.29. The molecule has 1 fully saturated rings. The van der Waals surface area contributed by atoms with Crippen LogP contribution in [0.3, 0.4) is 0 Å². The highest BCUT2D eigenvalue weighted by atomic mass is 16.5.